The SMILES string of the molecule is NNC(Cc1cccc(F)c1Br)C(F)F. The van der Waals surface area contributed by atoms with Crippen LogP contribution >= 0.6 is 15.9 Å². The standard InChI is InChI=1S/C9H10BrF3N2/c10-8-5(2-1-3-6(8)11)4-7(15-14)9(12)13/h1-3,7,9,15H,4,14H2. The second-order valence-electron chi connectivity index (χ2n) is 3.02. The molecule has 84 valence electrons. The lowest BCUT2D eigenvalue weighted by molar-refractivity contribution is 0.0983. The number of hydrazine groups is 1. The van der Waals surface area contributed by atoms with E-state index in [4.69, 9.17) is 5.84 Å². The zero-order valence-corrected chi connectivity index (χ0v) is 9.27. The summed E-state index contributed by atoms with van der Waals surface area (Å²) in [6.07, 6.45) is -2.63. The van der Waals surface area contributed by atoms with Gasteiger partial charge in [-0.15, -0.1) is 0 Å². The van der Waals surface area contributed by atoms with E-state index in [-0.39, 0.29) is 10.9 Å². The Morgan fingerprint density at radius 2 is 2.07 bits per heavy atom. The fourth-order valence-corrected chi connectivity index (χ4v) is 1.59. The van der Waals surface area contributed by atoms with E-state index in [0.717, 1.165) is 0 Å². The lowest BCUT2D eigenvalue weighted by atomic mass is 10.1. The molecule has 1 aromatic carbocycles. The summed E-state index contributed by atoms with van der Waals surface area (Å²) in [7, 11) is 0. The first kappa shape index (κ1) is 12.5. The summed E-state index contributed by atoms with van der Waals surface area (Å²) in [4.78, 5) is 0. The van der Waals surface area contributed by atoms with Crippen LogP contribution in [0.5, 0.6) is 0 Å². The van der Waals surface area contributed by atoms with Crippen LogP contribution in [0.15, 0.2) is 22.7 Å². The predicted octanol–water partition coefficient (Wildman–Crippen LogP) is 2.23. The largest absolute Gasteiger partial charge is 0.271 e. The molecule has 15 heavy (non-hydrogen) atoms. The molecule has 2 nitrogen and oxygen atoms in total. The van der Waals surface area contributed by atoms with Crippen molar-refractivity contribution in [2.45, 2.75) is 18.9 Å². The van der Waals surface area contributed by atoms with Crippen molar-refractivity contribution in [3.63, 3.8) is 0 Å². The second kappa shape index (κ2) is 5.48. The minimum Gasteiger partial charge on any atom is -0.271 e. The molecular formula is C9H10BrF3N2. The van der Waals surface area contributed by atoms with Crippen LogP contribution in [-0.2, 0) is 6.42 Å². The smallest absolute Gasteiger partial charge is 0.255 e. The summed E-state index contributed by atoms with van der Waals surface area (Å²) in [6, 6.07) is 3.11. The molecule has 0 bridgehead atoms. The maximum Gasteiger partial charge on any atom is 0.255 e. The van der Waals surface area contributed by atoms with Gasteiger partial charge in [-0.3, -0.25) is 11.3 Å². The number of halogens is 4. The van der Waals surface area contributed by atoms with E-state index < -0.39 is 18.3 Å². The molecule has 0 aliphatic rings. The lowest BCUT2D eigenvalue weighted by Gasteiger charge is -2.15. The Labute approximate surface area is 93.8 Å². The van der Waals surface area contributed by atoms with Gasteiger partial charge in [-0.2, -0.15) is 0 Å². The van der Waals surface area contributed by atoms with E-state index in [0.29, 0.717) is 5.56 Å². The van der Waals surface area contributed by atoms with Gasteiger partial charge in [-0.25, -0.2) is 13.2 Å². The maximum absolute atomic E-state index is 13.0. The molecule has 0 heterocycles. The van der Waals surface area contributed by atoms with Crippen LogP contribution in [0.25, 0.3) is 0 Å². The minimum absolute atomic E-state index is 0.0352. The highest BCUT2D eigenvalue weighted by atomic mass is 79.9. The zero-order chi connectivity index (χ0) is 11.4. The van der Waals surface area contributed by atoms with Crippen molar-refractivity contribution >= 4 is 15.9 Å². The molecule has 1 rings (SSSR count). The van der Waals surface area contributed by atoms with E-state index in [9.17, 15) is 13.2 Å². The molecule has 3 N–H and O–H groups in total. The van der Waals surface area contributed by atoms with Crippen molar-refractivity contribution in [1.29, 1.82) is 0 Å². The molecule has 0 fully saturated rings. The van der Waals surface area contributed by atoms with E-state index in [2.05, 4.69) is 15.9 Å². The second-order valence-corrected chi connectivity index (χ2v) is 3.82. The van der Waals surface area contributed by atoms with Gasteiger partial charge in [0.2, 0.25) is 0 Å². The van der Waals surface area contributed by atoms with E-state index in [1.807, 2.05) is 5.43 Å². The Hall–Kier alpha value is -0.590. The number of benzene rings is 1. The Morgan fingerprint density at radius 1 is 1.40 bits per heavy atom. The van der Waals surface area contributed by atoms with Crippen LogP contribution in [0.1, 0.15) is 5.56 Å². The molecule has 1 unspecified atom stereocenters. The molecule has 1 aromatic rings. The van der Waals surface area contributed by atoms with Gasteiger partial charge in [0.05, 0.1) is 10.5 Å². The molecule has 1 atom stereocenters. The number of alkyl halides is 2. The highest BCUT2D eigenvalue weighted by Gasteiger charge is 2.20. The molecule has 0 aliphatic heterocycles. The lowest BCUT2D eigenvalue weighted by Crippen LogP contribution is -2.42. The van der Waals surface area contributed by atoms with Gasteiger partial charge in [-0.1, -0.05) is 12.1 Å². The zero-order valence-electron chi connectivity index (χ0n) is 7.68. The predicted molar refractivity (Wildman–Crippen MR) is 54.9 cm³/mol. The molecule has 0 aliphatic carbocycles. The van der Waals surface area contributed by atoms with Crippen molar-refractivity contribution in [2.75, 3.05) is 0 Å². The summed E-state index contributed by atoms with van der Waals surface area (Å²) in [5.74, 6) is 4.50. The van der Waals surface area contributed by atoms with Crippen LogP contribution in [-0.4, -0.2) is 12.5 Å². The first-order valence-corrected chi connectivity index (χ1v) is 5.02. The third kappa shape index (κ3) is 3.19. The molecule has 0 saturated heterocycles. The Morgan fingerprint density at radius 3 is 2.60 bits per heavy atom. The van der Waals surface area contributed by atoms with Crippen molar-refractivity contribution < 1.29 is 13.2 Å². The Balaban J connectivity index is 2.84. The van der Waals surface area contributed by atoms with Gasteiger partial charge < -0.3 is 0 Å². The highest BCUT2D eigenvalue weighted by Crippen LogP contribution is 2.22. The summed E-state index contributed by atoms with van der Waals surface area (Å²) < 4.78 is 38.0. The maximum atomic E-state index is 13.0. The number of hydrogen-bond donors (Lipinski definition) is 2. The van der Waals surface area contributed by atoms with Crippen molar-refractivity contribution in [2.24, 2.45) is 5.84 Å². The van der Waals surface area contributed by atoms with Crippen LogP contribution in [0, 0.1) is 5.82 Å². The summed E-state index contributed by atoms with van der Waals surface area (Å²) in [5.41, 5.74) is 2.46. The van der Waals surface area contributed by atoms with Gasteiger partial charge in [0, 0.05) is 0 Å². The minimum atomic E-state index is -2.59. The molecule has 0 amide bonds. The quantitative estimate of drug-likeness (QED) is 0.657. The molecule has 0 aromatic heterocycles. The molecule has 0 saturated carbocycles. The fourth-order valence-electron chi connectivity index (χ4n) is 1.16. The third-order valence-corrected chi connectivity index (χ3v) is 2.88. The van der Waals surface area contributed by atoms with Crippen molar-refractivity contribution in [1.82, 2.24) is 5.43 Å². The Bertz CT molecular complexity index is 333. The van der Waals surface area contributed by atoms with Crippen LogP contribution in [0.3, 0.4) is 0 Å². The van der Waals surface area contributed by atoms with Gasteiger partial charge in [0.25, 0.3) is 6.43 Å². The normalized spacial score (nSPS) is 13.2. The average Bonchev–Trinajstić information content (AvgIpc) is 2.19. The van der Waals surface area contributed by atoms with Gasteiger partial charge >= 0.3 is 0 Å². The summed E-state index contributed by atoms with van der Waals surface area (Å²) in [5, 5.41) is 0. The van der Waals surface area contributed by atoms with Gasteiger partial charge in [0.1, 0.15) is 5.82 Å². The number of rotatable bonds is 4. The molecule has 0 spiro atoms. The Kier molecular flexibility index (Phi) is 4.56. The number of hydrogen-bond acceptors (Lipinski definition) is 2. The molecule has 0 radical (unpaired) electrons. The number of nitrogens with two attached hydrogens (primary N) is 1. The van der Waals surface area contributed by atoms with Crippen LogP contribution in [0.4, 0.5) is 13.2 Å². The first-order chi connectivity index (χ1) is 7.06. The number of nitrogens with one attached hydrogen (secondary N) is 1. The van der Waals surface area contributed by atoms with Crippen LogP contribution in [0.2, 0.25) is 0 Å². The highest BCUT2D eigenvalue weighted by molar-refractivity contribution is 9.10. The topological polar surface area (TPSA) is 38.0 Å². The van der Waals surface area contributed by atoms with Crippen molar-refractivity contribution in [3.05, 3.63) is 34.1 Å². The molecular weight excluding hydrogens is 273 g/mol. The average molecular weight is 283 g/mol. The van der Waals surface area contributed by atoms with E-state index >= 15 is 0 Å². The van der Waals surface area contributed by atoms with Crippen molar-refractivity contribution in [3.8, 4) is 0 Å². The van der Waals surface area contributed by atoms with E-state index in [1.54, 1.807) is 6.07 Å². The van der Waals surface area contributed by atoms with E-state index in [1.165, 1.54) is 12.1 Å². The third-order valence-electron chi connectivity index (χ3n) is 1.99. The van der Waals surface area contributed by atoms with Gasteiger partial charge in [0.15, 0.2) is 0 Å². The summed E-state index contributed by atoms with van der Waals surface area (Å²) in [6.45, 7) is 0. The van der Waals surface area contributed by atoms with Crippen LogP contribution < -0.4 is 11.3 Å². The first-order valence-electron chi connectivity index (χ1n) is 4.23. The monoisotopic (exact) mass is 282 g/mol. The molecule has 6 heteroatoms. The summed E-state index contributed by atoms with van der Waals surface area (Å²) >= 11 is 3.00. The van der Waals surface area contributed by atoms with Gasteiger partial charge in [-0.05, 0) is 34.0 Å². The fraction of sp³-hybridized carbons (Fsp3) is 0.333.